The number of cyclic esters (lactones) is 1. The topological polar surface area (TPSA) is 127 Å². The molecule has 0 bridgehead atoms. The molecule has 19 atom stereocenters. The number of rotatable bonds is 10. The summed E-state index contributed by atoms with van der Waals surface area (Å²) in [5.74, 6) is -0.186. The van der Waals surface area contributed by atoms with E-state index in [0.29, 0.717) is 18.4 Å². The summed E-state index contributed by atoms with van der Waals surface area (Å²) in [5, 5.41) is 1.00. The standard InChI is InChI=1S/C48H69N3O10S/c1-10-27-14-13-16-36(61-39-19-18-35(50(5)6)25(3)57-39)24(2)43(53)33-22-30-29-20-28(60-47-46(56-9)45(55-8)44(54-7)26(4)58-47)21-32(29)41-42(40(30)31(33)23-38(52)59-27)51(41)48-49-34-15-11-12-17-37(34)62-48/h11-12,15,17,22,24-32,35-36,39-42,44-47H,10,13-14,16,18-21,23H2,1-9H3/t24-,25?,26?,27+,28+,29+,30+,31-,32-,35+,36+,39+,40-,41+,42-,44+,45?,46+,47+,51?/m1/s1. The number of fused-ring (bicyclic) bond motifs is 9. The van der Waals surface area contributed by atoms with Crippen LogP contribution in [0.5, 0.6) is 0 Å². The summed E-state index contributed by atoms with van der Waals surface area (Å²) in [7, 11) is 9.20. The van der Waals surface area contributed by atoms with Gasteiger partial charge in [-0.05, 0) is 121 Å². The number of hydrogen-bond acceptors (Lipinski definition) is 14. The summed E-state index contributed by atoms with van der Waals surface area (Å²) < 4.78 is 51.9. The smallest absolute Gasteiger partial charge is 0.306 e. The van der Waals surface area contributed by atoms with E-state index in [1.54, 1.807) is 32.7 Å². The van der Waals surface area contributed by atoms with E-state index in [9.17, 15) is 4.79 Å². The molecule has 1 aromatic carbocycles. The number of ketones is 1. The molecule has 6 fully saturated rings. The van der Waals surface area contributed by atoms with Crippen molar-refractivity contribution >= 4 is 38.4 Å². The molecule has 2 saturated carbocycles. The van der Waals surface area contributed by atoms with Gasteiger partial charge in [0, 0.05) is 39.2 Å². The first-order chi connectivity index (χ1) is 29.9. The molecule has 4 aliphatic heterocycles. The van der Waals surface area contributed by atoms with Crippen LogP contribution in [0.15, 0.2) is 35.9 Å². The highest BCUT2D eigenvalue weighted by atomic mass is 32.1. The zero-order chi connectivity index (χ0) is 43.6. The van der Waals surface area contributed by atoms with Gasteiger partial charge >= 0.3 is 5.97 Å². The van der Waals surface area contributed by atoms with E-state index >= 15 is 4.79 Å². The third-order valence-electron chi connectivity index (χ3n) is 15.9. The number of hydrogen-bond donors (Lipinski definition) is 0. The van der Waals surface area contributed by atoms with Crippen molar-refractivity contribution in [1.29, 1.82) is 0 Å². The Hall–Kier alpha value is -2.53. The van der Waals surface area contributed by atoms with Gasteiger partial charge in [-0.3, -0.25) is 9.59 Å². The Morgan fingerprint density at radius 3 is 2.34 bits per heavy atom. The Balaban J connectivity index is 1.04. The molecule has 14 heteroatoms. The van der Waals surface area contributed by atoms with Gasteiger partial charge in [-0.15, -0.1) is 0 Å². The maximum Gasteiger partial charge on any atom is 0.306 e. The van der Waals surface area contributed by atoms with Gasteiger partial charge in [0.2, 0.25) is 0 Å². The molecule has 4 saturated heterocycles. The first-order valence-corrected chi connectivity index (χ1v) is 24.2. The fraction of sp³-hybridized carbons (Fsp3) is 0.771. The number of allylic oxidation sites excluding steroid dienone is 2. The third kappa shape index (κ3) is 8.20. The van der Waals surface area contributed by atoms with Gasteiger partial charge in [-0.1, -0.05) is 43.4 Å². The molecule has 0 spiro atoms. The van der Waals surface area contributed by atoms with Gasteiger partial charge in [0.15, 0.2) is 23.5 Å². The molecule has 5 heterocycles. The van der Waals surface area contributed by atoms with Gasteiger partial charge in [-0.25, -0.2) is 4.98 Å². The number of para-hydroxylation sites is 1. The van der Waals surface area contributed by atoms with E-state index in [4.69, 9.17) is 42.9 Å². The van der Waals surface area contributed by atoms with Crippen LogP contribution in [0, 0.1) is 35.5 Å². The van der Waals surface area contributed by atoms with Crippen molar-refractivity contribution in [2.45, 2.75) is 165 Å². The fourth-order valence-corrected chi connectivity index (χ4v) is 13.9. The number of benzene rings is 1. The van der Waals surface area contributed by atoms with Crippen LogP contribution in [0.1, 0.15) is 85.5 Å². The maximum atomic E-state index is 15.2. The van der Waals surface area contributed by atoms with Crippen LogP contribution in [0.25, 0.3) is 10.2 Å². The average molecular weight is 880 g/mol. The van der Waals surface area contributed by atoms with Crippen LogP contribution in [0.2, 0.25) is 0 Å². The Labute approximate surface area is 371 Å². The minimum atomic E-state index is -0.634. The van der Waals surface area contributed by atoms with Gasteiger partial charge in [0.25, 0.3) is 0 Å². The van der Waals surface area contributed by atoms with Crippen LogP contribution in [0.4, 0.5) is 5.13 Å². The quantitative estimate of drug-likeness (QED) is 0.184. The largest absolute Gasteiger partial charge is 0.462 e. The molecule has 2 aromatic rings. The fourth-order valence-electron chi connectivity index (χ4n) is 12.9. The Bertz CT molecular complexity index is 1910. The number of aromatic nitrogens is 1. The molecule has 1 aromatic heterocycles. The molecule has 7 aliphatic rings. The first-order valence-electron chi connectivity index (χ1n) is 23.4. The van der Waals surface area contributed by atoms with Crippen molar-refractivity contribution < 1.29 is 47.5 Å². The van der Waals surface area contributed by atoms with Crippen molar-refractivity contribution in [3.63, 3.8) is 0 Å². The van der Waals surface area contributed by atoms with Crippen LogP contribution in [-0.4, -0.2) is 137 Å². The molecular formula is C48H69N3O10S. The third-order valence-corrected chi connectivity index (χ3v) is 17.0. The average Bonchev–Trinajstić information content (AvgIpc) is 3.50. The molecule has 9 rings (SSSR count). The molecule has 13 nitrogen and oxygen atoms in total. The summed E-state index contributed by atoms with van der Waals surface area (Å²) >= 11 is 1.73. The number of nitrogens with zero attached hydrogens (tertiary/aromatic N) is 3. The van der Waals surface area contributed by atoms with Crippen LogP contribution < -0.4 is 4.90 Å². The van der Waals surface area contributed by atoms with Gasteiger partial charge in [0.1, 0.15) is 24.4 Å². The van der Waals surface area contributed by atoms with Gasteiger partial charge < -0.3 is 47.7 Å². The van der Waals surface area contributed by atoms with Crippen molar-refractivity contribution in [3.8, 4) is 0 Å². The molecule has 3 unspecified atom stereocenters. The summed E-state index contributed by atoms with van der Waals surface area (Å²) in [6.45, 7) is 8.23. The van der Waals surface area contributed by atoms with E-state index in [0.717, 1.165) is 65.9 Å². The first kappa shape index (κ1) is 44.7. The van der Waals surface area contributed by atoms with E-state index in [2.05, 4.69) is 62.0 Å². The minimum absolute atomic E-state index is 0.0177. The zero-order valence-electron chi connectivity index (χ0n) is 38.1. The molecule has 62 heavy (non-hydrogen) atoms. The number of carbonyl (C=O) groups excluding carboxylic acids is 2. The number of Topliss-reactive ketones (excluding diaryl/α,β-unsaturated/α-hetero) is 1. The van der Waals surface area contributed by atoms with Crippen LogP contribution in [0.3, 0.4) is 0 Å². The van der Waals surface area contributed by atoms with E-state index in [1.807, 2.05) is 19.9 Å². The number of ether oxygens (including phenoxy) is 8. The monoisotopic (exact) mass is 879 g/mol. The second-order valence-electron chi connectivity index (χ2n) is 19.5. The number of methoxy groups -OCH3 is 3. The van der Waals surface area contributed by atoms with Crippen molar-refractivity contribution in [2.24, 2.45) is 35.5 Å². The summed E-state index contributed by atoms with van der Waals surface area (Å²) in [5.41, 5.74) is 1.76. The van der Waals surface area contributed by atoms with Crippen molar-refractivity contribution in [3.05, 3.63) is 35.9 Å². The lowest BCUT2D eigenvalue weighted by Crippen LogP contribution is -2.59. The zero-order valence-corrected chi connectivity index (χ0v) is 38.9. The highest BCUT2D eigenvalue weighted by molar-refractivity contribution is 7.22. The second-order valence-corrected chi connectivity index (χ2v) is 20.5. The number of anilines is 1. The minimum Gasteiger partial charge on any atom is -0.462 e. The molecular weight excluding hydrogens is 811 g/mol. The summed E-state index contributed by atoms with van der Waals surface area (Å²) in [6.07, 6.45) is 5.84. The molecule has 342 valence electrons. The number of esters is 1. The number of likely N-dealkylation sites (N-methyl/N-ethyl adjacent to an activating group) is 1. The predicted octanol–water partition coefficient (Wildman–Crippen LogP) is 6.80. The Kier molecular flexibility index (Phi) is 13.2. The van der Waals surface area contributed by atoms with E-state index in [1.165, 1.54) is 0 Å². The maximum absolute atomic E-state index is 15.2. The van der Waals surface area contributed by atoms with Crippen LogP contribution in [-0.2, 0) is 47.5 Å². The molecule has 0 radical (unpaired) electrons. The summed E-state index contributed by atoms with van der Waals surface area (Å²) in [6, 6.07) is 8.96. The van der Waals surface area contributed by atoms with Crippen LogP contribution >= 0.6 is 11.3 Å². The number of thiazole rings is 1. The highest BCUT2D eigenvalue weighted by Gasteiger charge is 2.70. The lowest BCUT2D eigenvalue weighted by Gasteiger charge is -2.44. The van der Waals surface area contributed by atoms with E-state index in [-0.39, 0.29) is 103 Å². The predicted molar refractivity (Wildman–Crippen MR) is 235 cm³/mol. The van der Waals surface area contributed by atoms with E-state index < -0.39 is 18.3 Å². The molecule has 0 amide bonds. The van der Waals surface area contributed by atoms with Crippen molar-refractivity contribution in [1.82, 2.24) is 9.88 Å². The molecule has 0 N–H and O–H groups in total. The molecule has 3 aliphatic carbocycles. The summed E-state index contributed by atoms with van der Waals surface area (Å²) in [4.78, 5) is 39.3. The SMILES string of the molecule is CC[C@H]1CCC[C@H](O[C@H]2CC[C@H](N(C)C)C(C)O2)[C@@H](C)C(=O)C2=C[C@H]3[C@@H]4C[C@H](O[C@@H]5OC(C)[C@H](OC)C(OC)[C@@H]5OC)C[C@H]4[C@H]4[C@@H]([C@H]3[C@@H]2CC(=O)O1)N4c1nc2ccccc2s1. The lowest BCUT2D eigenvalue weighted by atomic mass is 9.66. The lowest BCUT2D eigenvalue weighted by molar-refractivity contribution is -0.314. The van der Waals surface area contributed by atoms with Crippen molar-refractivity contribution in [2.75, 3.05) is 40.3 Å². The normalized spacial score (nSPS) is 43.5. The highest BCUT2D eigenvalue weighted by Crippen LogP contribution is 2.65. The Morgan fingerprint density at radius 2 is 1.63 bits per heavy atom. The number of carbonyl (C=O) groups is 2. The van der Waals surface area contributed by atoms with Gasteiger partial charge in [-0.2, -0.15) is 0 Å². The Morgan fingerprint density at radius 1 is 0.871 bits per heavy atom. The van der Waals surface area contributed by atoms with Gasteiger partial charge in [0.05, 0.1) is 53.1 Å². The second kappa shape index (κ2) is 18.4.